The van der Waals surface area contributed by atoms with Crippen molar-refractivity contribution < 1.29 is 24.6 Å². The molecule has 0 aromatic rings. The molecule has 3 unspecified atom stereocenters. The molecule has 0 aliphatic heterocycles. The fourth-order valence-electron chi connectivity index (χ4n) is 2.87. The first-order valence-electron chi connectivity index (χ1n) is 8.08. The maximum Gasteiger partial charge on any atom is 0.326 e. The van der Waals surface area contributed by atoms with Crippen LogP contribution in [0.4, 0.5) is 0 Å². The summed E-state index contributed by atoms with van der Waals surface area (Å²) in [7, 11) is 0. The summed E-state index contributed by atoms with van der Waals surface area (Å²) in [6.45, 7) is 6.11. The largest absolute Gasteiger partial charge is 0.481 e. The predicted molar refractivity (Wildman–Crippen MR) is 85.9 cm³/mol. The summed E-state index contributed by atoms with van der Waals surface area (Å²) >= 11 is 0. The number of hydrogen-bond acceptors (Lipinski definition) is 3. The van der Waals surface area contributed by atoms with Crippen molar-refractivity contribution in [2.45, 2.75) is 58.9 Å². The molecule has 0 saturated heterocycles. The SMILES string of the molecule is CC(C)C1/C=C/CCC(C)(C(=O)NC(CC(=O)O)C(=O)O)CC1. The van der Waals surface area contributed by atoms with Crippen LogP contribution in [-0.2, 0) is 14.4 Å². The molecule has 1 amide bonds. The quantitative estimate of drug-likeness (QED) is 0.651. The van der Waals surface area contributed by atoms with Crippen LogP contribution in [0.2, 0.25) is 0 Å². The summed E-state index contributed by atoms with van der Waals surface area (Å²) in [4.78, 5) is 34.4. The first kappa shape index (κ1) is 19.2. The summed E-state index contributed by atoms with van der Waals surface area (Å²) in [5.74, 6) is -2.06. The van der Waals surface area contributed by atoms with Gasteiger partial charge in [-0.1, -0.05) is 32.9 Å². The molecule has 0 radical (unpaired) electrons. The summed E-state index contributed by atoms with van der Waals surface area (Å²) in [6, 6.07) is -1.39. The van der Waals surface area contributed by atoms with E-state index in [1.807, 2.05) is 6.92 Å². The van der Waals surface area contributed by atoms with Crippen molar-refractivity contribution in [1.82, 2.24) is 5.32 Å². The lowest BCUT2D eigenvalue weighted by atomic mass is 9.74. The maximum absolute atomic E-state index is 12.6. The highest BCUT2D eigenvalue weighted by Crippen LogP contribution is 2.35. The average molecular weight is 325 g/mol. The second kappa shape index (κ2) is 8.13. The molecule has 3 N–H and O–H groups in total. The van der Waals surface area contributed by atoms with Crippen molar-refractivity contribution in [3.63, 3.8) is 0 Å². The Balaban J connectivity index is 2.81. The number of carbonyl (C=O) groups is 3. The Hall–Kier alpha value is -1.85. The van der Waals surface area contributed by atoms with Gasteiger partial charge in [0.05, 0.1) is 6.42 Å². The van der Waals surface area contributed by atoms with E-state index >= 15 is 0 Å². The second-order valence-electron chi connectivity index (χ2n) is 6.94. The van der Waals surface area contributed by atoms with E-state index in [0.717, 1.165) is 12.8 Å². The fourth-order valence-corrected chi connectivity index (χ4v) is 2.87. The van der Waals surface area contributed by atoms with E-state index in [9.17, 15) is 14.4 Å². The maximum atomic E-state index is 12.6. The molecule has 1 rings (SSSR count). The molecule has 6 nitrogen and oxygen atoms in total. The zero-order valence-electron chi connectivity index (χ0n) is 14.0. The lowest BCUT2D eigenvalue weighted by Gasteiger charge is -2.32. The summed E-state index contributed by atoms with van der Waals surface area (Å²) in [5.41, 5.74) is -0.676. The molecule has 0 saturated carbocycles. The van der Waals surface area contributed by atoms with E-state index < -0.39 is 29.8 Å². The highest BCUT2D eigenvalue weighted by atomic mass is 16.4. The number of allylic oxidation sites excluding steroid dienone is 2. The van der Waals surface area contributed by atoms with Gasteiger partial charge in [-0.15, -0.1) is 0 Å². The third kappa shape index (κ3) is 5.69. The highest BCUT2D eigenvalue weighted by Gasteiger charge is 2.36. The van der Waals surface area contributed by atoms with Crippen molar-refractivity contribution in [1.29, 1.82) is 0 Å². The smallest absolute Gasteiger partial charge is 0.326 e. The normalized spacial score (nSPS) is 27.6. The third-order valence-corrected chi connectivity index (χ3v) is 4.66. The van der Waals surface area contributed by atoms with E-state index in [0.29, 0.717) is 24.7 Å². The number of amides is 1. The number of aliphatic carboxylic acids is 2. The molecular weight excluding hydrogens is 298 g/mol. The van der Waals surface area contributed by atoms with Gasteiger partial charge in [-0.3, -0.25) is 9.59 Å². The first-order valence-corrected chi connectivity index (χ1v) is 8.08. The Morgan fingerprint density at radius 2 is 1.91 bits per heavy atom. The van der Waals surface area contributed by atoms with Gasteiger partial charge in [-0.05, 0) is 37.5 Å². The number of hydrogen-bond donors (Lipinski definition) is 3. The van der Waals surface area contributed by atoms with Gasteiger partial charge < -0.3 is 15.5 Å². The second-order valence-corrected chi connectivity index (χ2v) is 6.94. The summed E-state index contributed by atoms with van der Waals surface area (Å²) < 4.78 is 0. The fraction of sp³-hybridized carbons (Fsp3) is 0.706. The molecule has 3 atom stereocenters. The van der Waals surface area contributed by atoms with Crippen molar-refractivity contribution in [2.24, 2.45) is 17.3 Å². The van der Waals surface area contributed by atoms with Crippen molar-refractivity contribution in [3.05, 3.63) is 12.2 Å². The number of carbonyl (C=O) groups excluding carboxylic acids is 1. The molecule has 0 spiro atoms. The standard InChI is InChI=1S/C17H27NO5/c1-11(2)12-6-4-5-8-17(3,9-7-12)16(23)18-13(15(21)22)10-14(19)20/h4,6,11-13H,5,7-10H2,1-3H3,(H,18,23)(H,19,20)(H,21,22)/b6-4+. The monoisotopic (exact) mass is 325 g/mol. The van der Waals surface area contributed by atoms with Gasteiger partial charge in [0.15, 0.2) is 0 Å². The molecule has 0 bridgehead atoms. The Morgan fingerprint density at radius 1 is 1.26 bits per heavy atom. The van der Waals surface area contributed by atoms with Gasteiger partial charge in [0.1, 0.15) is 6.04 Å². The van der Waals surface area contributed by atoms with E-state index in [4.69, 9.17) is 10.2 Å². The van der Waals surface area contributed by atoms with E-state index in [2.05, 4.69) is 31.3 Å². The van der Waals surface area contributed by atoms with E-state index in [-0.39, 0.29) is 5.91 Å². The number of nitrogens with one attached hydrogen (secondary N) is 1. The molecule has 0 aromatic carbocycles. The van der Waals surface area contributed by atoms with Crippen molar-refractivity contribution >= 4 is 17.8 Å². The Morgan fingerprint density at radius 3 is 2.43 bits per heavy atom. The van der Waals surface area contributed by atoms with Crippen LogP contribution in [0.5, 0.6) is 0 Å². The van der Waals surface area contributed by atoms with Gasteiger partial charge in [0.25, 0.3) is 0 Å². The minimum atomic E-state index is -1.39. The third-order valence-electron chi connectivity index (χ3n) is 4.66. The Kier molecular flexibility index (Phi) is 6.79. The van der Waals surface area contributed by atoms with Crippen LogP contribution >= 0.6 is 0 Å². The van der Waals surface area contributed by atoms with E-state index in [1.54, 1.807) is 0 Å². The summed E-state index contributed by atoms with van der Waals surface area (Å²) in [5, 5.41) is 20.3. The molecule has 0 heterocycles. The highest BCUT2D eigenvalue weighted by molar-refractivity contribution is 5.89. The Bertz CT molecular complexity index is 485. The molecule has 23 heavy (non-hydrogen) atoms. The lowest BCUT2D eigenvalue weighted by Crippen LogP contribution is -2.48. The summed E-state index contributed by atoms with van der Waals surface area (Å²) in [6.07, 6.45) is 6.56. The molecule has 1 aliphatic rings. The van der Waals surface area contributed by atoms with Gasteiger partial charge in [0.2, 0.25) is 5.91 Å². The molecule has 1 aliphatic carbocycles. The van der Waals surface area contributed by atoms with Crippen LogP contribution < -0.4 is 5.32 Å². The molecule has 130 valence electrons. The lowest BCUT2D eigenvalue weighted by molar-refractivity contribution is -0.148. The van der Waals surface area contributed by atoms with Crippen LogP contribution in [0.15, 0.2) is 12.2 Å². The van der Waals surface area contributed by atoms with Crippen LogP contribution in [0.25, 0.3) is 0 Å². The van der Waals surface area contributed by atoms with Crippen LogP contribution in [0, 0.1) is 17.3 Å². The molecule has 0 fully saturated rings. The predicted octanol–water partition coefficient (Wildman–Crippen LogP) is 2.44. The van der Waals surface area contributed by atoms with Crippen LogP contribution in [0.1, 0.15) is 52.9 Å². The molecular formula is C17H27NO5. The van der Waals surface area contributed by atoms with Gasteiger partial charge in [0, 0.05) is 5.41 Å². The van der Waals surface area contributed by atoms with Crippen molar-refractivity contribution in [2.75, 3.05) is 0 Å². The van der Waals surface area contributed by atoms with E-state index in [1.165, 1.54) is 0 Å². The van der Waals surface area contributed by atoms with Gasteiger partial charge in [-0.25, -0.2) is 4.79 Å². The first-order chi connectivity index (χ1) is 10.7. The topological polar surface area (TPSA) is 104 Å². The average Bonchev–Trinajstić information content (AvgIpc) is 2.41. The minimum Gasteiger partial charge on any atom is -0.481 e. The number of rotatable bonds is 6. The van der Waals surface area contributed by atoms with Crippen molar-refractivity contribution in [3.8, 4) is 0 Å². The molecule has 6 heteroatoms. The number of carboxylic acid groups (broad SMARTS) is 2. The van der Waals surface area contributed by atoms with Gasteiger partial charge in [-0.2, -0.15) is 0 Å². The number of carboxylic acids is 2. The van der Waals surface area contributed by atoms with Crippen LogP contribution in [-0.4, -0.2) is 34.1 Å². The molecule has 0 aromatic heterocycles. The van der Waals surface area contributed by atoms with Gasteiger partial charge >= 0.3 is 11.9 Å². The zero-order chi connectivity index (χ0) is 17.6. The zero-order valence-corrected chi connectivity index (χ0v) is 14.0. The Labute approximate surface area is 137 Å². The minimum absolute atomic E-state index is 0.371. The van der Waals surface area contributed by atoms with Crippen LogP contribution in [0.3, 0.4) is 0 Å².